The molecule has 0 spiro atoms. The van der Waals surface area contributed by atoms with Crippen LogP contribution in [0.25, 0.3) is 0 Å². The predicted octanol–water partition coefficient (Wildman–Crippen LogP) is 3.76. The minimum absolute atomic E-state index is 0.0300. The minimum Gasteiger partial charge on any atom is -0.478 e. The molecule has 5 nitrogen and oxygen atoms in total. The van der Waals surface area contributed by atoms with Crippen LogP contribution in [0.3, 0.4) is 0 Å². The molecule has 1 aliphatic heterocycles. The van der Waals surface area contributed by atoms with Crippen molar-refractivity contribution in [3.8, 4) is 5.75 Å². The molecule has 0 aliphatic carbocycles. The van der Waals surface area contributed by atoms with E-state index < -0.39 is 6.10 Å². The molecule has 2 aromatic rings. The van der Waals surface area contributed by atoms with Gasteiger partial charge in [-0.2, -0.15) is 0 Å². The third-order valence-corrected chi connectivity index (χ3v) is 4.13. The number of carbonyl (C=O) groups excluding carboxylic acids is 2. The molecule has 3 rings (SSSR count). The quantitative estimate of drug-likeness (QED) is 0.843. The molecule has 2 aromatic carbocycles. The van der Waals surface area contributed by atoms with Crippen molar-refractivity contribution in [1.29, 1.82) is 0 Å². The molecule has 0 aromatic heterocycles. The number of benzene rings is 2. The summed E-state index contributed by atoms with van der Waals surface area (Å²) in [7, 11) is 0. The van der Waals surface area contributed by atoms with E-state index in [9.17, 15) is 9.59 Å². The number of aryl methyl sites for hydroxylation is 1. The average molecular weight is 338 g/mol. The molecule has 1 atom stereocenters. The Labute approximate surface area is 147 Å². The maximum absolute atomic E-state index is 12.2. The Bertz CT molecular complexity index is 756. The van der Waals surface area contributed by atoms with Crippen LogP contribution >= 0.6 is 0 Å². The standard InChI is InChI=1S/C20H22N2O3/c1-2-3-6-14-9-11-15(12-10-14)21-19(23)13-18-20(24)22-16-7-4-5-8-17(16)25-18/h4-5,7-12,18H,2-3,6,13H2,1H3,(H,21,23)(H,22,24)/t18-/m0/s1. The van der Waals surface area contributed by atoms with Gasteiger partial charge in [0, 0.05) is 5.69 Å². The van der Waals surface area contributed by atoms with Crippen LogP contribution in [0.2, 0.25) is 0 Å². The predicted molar refractivity (Wildman–Crippen MR) is 97.8 cm³/mol. The molecule has 0 saturated carbocycles. The third-order valence-electron chi connectivity index (χ3n) is 4.13. The first kappa shape index (κ1) is 17.0. The molecular weight excluding hydrogens is 316 g/mol. The Morgan fingerprint density at radius 1 is 1.16 bits per heavy atom. The second kappa shape index (κ2) is 7.83. The molecule has 2 amide bonds. The zero-order chi connectivity index (χ0) is 17.6. The average Bonchev–Trinajstić information content (AvgIpc) is 2.62. The van der Waals surface area contributed by atoms with Crippen molar-refractivity contribution in [2.75, 3.05) is 10.6 Å². The van der Waals surface area contributed by atoms with E-state index in [1.807, 2.05) is 36.4 Å². The lowest BCUT2D eigenvalue weighted by Crippen LogP contribution is -2.39. The summed E-state index contributed by atoms with van der Waals surface area (Å²) in [5, 5.41) is 5.58. The largest absolute Gasteiger partial charge is 0.478 e. The van der Waals surface area contributed by atoms with Crippen LogP contribution in [0, 0.1) is 0 Å². The Morgan fingerprint density at radius 3 is 2.68 bits per heavy atom. The van der Waals surface area contributed by atoms with Crippen molar-refractivity contribution in [2.45, 2.75) is 38.7 Å². The first-order chi connectivity index (χ1) is 12.2. The molecule has 0 saturated heterocycles. The van der Waals surface area contributed by atoms with Crippen molar-refractivity contribution in [3.05, 3.63) is 54.1 Å². The normalized spacial score (nSPS) is 15.7. The number of nitrogens with one attached hydrogen (secondary N) is 2. The highest BCUT2D eigenvalue weighted by Gasteiger charge is 2.29. The maximum atomic E-state index is 12.2. The van der Waals surface area contributed by atoms with Crippen LogP contribution in [0.15, 0.2) is 48.5 Å². The van der Waals surface area contributed by atoms with Gasteiger partial charge in [0.15, 0.2) is 6.10 Å². The van der Waals surface area contributed by atoms with Crippen LogP contribution in [0.5, 0.6) is 5.75 Å². The van der Waals surface area contributed by atoms with Gasteiger partial charge in [-0.05, 0) is 42.7 Å². The molecule has 130 valence electrons. The lowest BCUT2D eigenvalue weighted by Gasteiger charge is -2.25. The smallest absolute Gasteiger partial charge is 0.266 e. The number of rotatable bonds is 6. The summed E-state index contributed by atoms with van der Waals surface area (Å²) >= 11 is 0. The van der Waals surface area contributed by atoms with Gasteiger partial charge in [-0.1, -0.05) is 37.6 Å². The zero-order valence-corrected chi connectivity index (χ0v) is 14.2. The monoisotopic (exact) mass is 338 g/mol. The van der Waals surface area contributed by atoms with E-state index >= 15 is 0 Å². The van der Waals surface area contributed by atoms with Gasteiger partial charge >= 0.3 is 0 Å². The number of ether oxygens (including phenoxy) is 1. The summed E-state index contributed by atoms with van der Waals surface area (Å²) in [5.74, 6) is 0.0322. The zero-order valence-electron chi connectivity index (χ0n) is 14.2. The Morgan fingerprint density at radius 2 is 1.92 bits per heavy atom. The van der Waals surface area contributed by atoms with Gasteiger partial charge in [0.2, 0.25) is 5.91 Å². The highest BCUT2D eigenvalue weighted by molar-refractivity contribution is 6.01. The Kier molecular flexibility index (Phi) is 5.33. The number of hydrogen-bond donors (Lipinski definition) is 2. The second-order valence-electron chi connectivity index (χ2n) is 6.14. The molecule has 1 heterocycles. The van der Waals surface area contributed by atoms with E-state index in [-0.39, 0.29) is 18.2 Å². The summed E-state index contributed by atoms with van der Waals surface area (Å²) in [4.78, 5) is 24.3. The van der Waals surface area contributed by atoms with Crippen molar-refractivity contribution in [3.63, 3.8) is 0 Å². The van der Waals surface area contributed by atoms with Crippen molar-refractivity contribution >= 4 is 23.2 Å². The Hall–Kier alpha value is -2.82. The summed E-state index contributed by atoms with van der Waals surface area (Å²) in [6.45, 7) is 2.16. The fourth-order valence-corrected chi connectivity index (χ4v) is 2.74. The van der Waals surface area contributed by atoms with Crippen LogP contribution in [-0.2, 0) is 16.0 Å². The van der Waals surface area contributed by atoms with Gasteiger partial charge in [-0.25, -0.2) is 0 Å². The van der Waals surface area contributed by atoms with Crippen molar-refractivity contribution < 1.29 is 14.3 Å². The van der Waals surface area contributed by atoms with Crippen LogP contribution < -0.4 is 15.4 Å². The molecule has 0 bridgehead atoms. The van der Waals surface area contributed by atoms with E-state index in [2.05, 4.69) is 17.6 Å². The van der Waals surface area contributed by atoms with E-state index in [1.165, 1.54) is 5.56 Å². The van der Waals surface area contributed by atoms with Crippen molar-refractivity contribution in [2.24, 2.45) is 0 Å². The molecule has 0 radical (unpaired) electrons. The van der Waals surface area contributed by atoms with E-state index in [4.69, 9.17) is 4.74 Å². The highest BCUT2D eigenvalue weighted by Crippen LogP contribution is 2.29. The van der Waals surface area contributed by atoms with Crippen LogP contribution in [0.1, 0.15) is 31.7 Å². The topological polar surface area (TPSA) is 67.4 Å². The number of para-hydroxylation sites is 2. The third kappa shape index (κ3) is 4.38. The van der Waals surface area contributed by atoms with Gasteiger partial charge in [-0.15, -0.1) is 0 Å². The molecule has 0 unspecified atom stereocenters. The van der Waals surface area contributed by atoms with E-state index in [0.29, 0.717) is 11.4 Å². The molecule has 1 aliphatic rings. The number of carbonyl (C=O) groups is 2. The van der Waals surface area contributed by atoms with Gasteiger partial charge in [0.1, 0.15) is 5.75 Å². The van der Waals surface area contributed by atoms with E-state index in [0.717, 1.165) is 24.9 Å². The summed E-state index contributed by atoms with van der Waals surface area (Å²) in [6.07, 6.45) is 2.50. The second-order valence-corrected chi connectivity index (χ2v) is 6.14. The molecule has 25 heavy (non-hydrogen) atoms. The van der Waals surface area contributed by atoms with Gasteiger partial charge in [0.25, 0.3) is 5.91 Å². The Balaban J connectivity index is 1.56. The van der Waals surface area contributed by atoms with Crippen LogP contribution in [0.4, 0.5) is 11.4 Å². The lowest BCUT2D eigenvalue weighted by molar-refractivity contribution is -0.128. The molecule has 2 N–H and O–H groups in total. The summed E-state index contributed by atoms with van der Waals surface area (Å²) < 4.78 is 5.64. The van der Waals surface area contributed by atoms with Crippen molar-refractivity contribution in [1.82, 2.24) is 0 Å². The summed E-state index contributed by atoms with van der Waals surface area (Å²) in [6, 6.07) is 15.0. The molecular formula is C20H22N2O3. The maximum Gasteiger partial charge on any atom is 0.266 e. The van der Waals surface area contributed by atoms with E-state index in [1.54, 1.807) is 12.1 Å². The minimum atomic E-state index is -0.821. The van der Waals surface area contributed by atoms with Gasteiger partial charge < -0.3 is 15.4 Å². The van der Waals surface area contributed by atoms with Gasteiger partial charge in [0.05, 0.1) is 12.1 Å². The van der Waals surface area contributed by atoms with Gasteiger partial charge in [-0.3, -0.25) is 9.59 Å². The number of unbranched alkanes of at least 4 members (excludes halogenated alkanes) is 1. The number of amides is 2. The lowest BCUT2D eigenvalue weighted by atomic mass is 10.1. The highest BCUT2D eigenvalue weighted by atomic mass is 16.5. The number of anilines is 2. The SMILES string of the molecule is CCCCc1ccc(NC(=O)C[C@@H]2Oc3ccccc3NC2=O)cc1. The fraction of sp³-hybridized carbons (Fsp3) is 0.300. The number of fused-ring (bicyclic) bond motifs is 1. The fourth-order valence-electron chi connectivity index (χ4n) is 2.74. The van der Waals surface area contributed by atoms with Crippen LogP contribution in [-0.4, -0.2) is 17.9 Å². The first-order valence-electron chi connectivity index (χ1n) is 8.61. The summed E-state index contributed by atoms with van der Waals surface area (Å²) in [5.41, 5.74) is 2.61. The first-order valence-corrected chi connectivity index (χ1v) is 8.61. The molecule has 0 fully saturated rings. The number of hydrogen-bond acceptors (Lipinski definition) is 3. The molecule has 5 heteroatoms.